The second kappa shape index (κ2) is 5.22. The molecule has 23 heavy (non-hydrogen) atoms. The van der Waals surface area contributed by atoms with Crippen molar-refractivity contribution in [2.24, 2.45) is 34.4 Å². The van der Waals surface area contributed by atoms with E-state index in [0.717, 1.165) is 11.8 Å². The highest BCUT2D eigenvalue weighted by Crippen LogP contribution is 2.54. The third-order valence-corrected chi connectivity index (χ3v) is 5.99. The minimum Gasteiger partial charge on any atom is -0.393 e. The summed E-state index contributed by atoms with van der Waals surface area (Å²) in [5.41, 5.74) is 12.5. The van der Waals surface area contributed by atoms with Gasteiger partial charge in [-0.05, 0) is 67.9 Å². The Hall–Kier alpha value is -2.11. The average molecular weight is 314 g/mol. The van der Waals surface area contributed by atoms with E-state index in [-0.39, 0.29) is 11.4 Å². The first-order valence-corrected chi connectivity index (χ1v) is 8.39. The highest BCUT2D eigenvalue weighted by atomic mass is 16.6. The molecule has 4 bridgehead atoms. The maximum absolute atomic E-state index is 11.0. The van der Waals surface area contributed by atoms with E-state index < -0.39 is 4.92 Å². The molecule has 0 atom stereocenters. The number of aliphatic imine (C=N–C) groups is 1. The van der Waals surface area contributed by atoms with Crippen molar-refractivity contribution in [1.29, 1.82) is 0 Å². The quantitative estimate of drug-likeness (QED) is 0.294. The molecule has 0 aromatic heterocycles. The number of nitrogen functional groups attached to an aromatic ring is 1. The maximum atomic E-state index is 11.0. The number of nitro groups is 1. The van der Waals surface area contributed by atoms with Gasteiger partial charge in [0.25, 0.3) is 5.69 Å². The Labute approximate surface area is 135 Å². The Morgan fingerprint density at radius 1 is 1.13 bits per heavy atom. The Balaban J connectivity index is 1.61. The molecule has 0 amide bonds. The molecule has 0 unspecified atom stereocenters. The molecule has 0 spiro atoms. The third-order valence-electron chi connectivity index (χ3n) is 5.99. The summed E-state index contributed by atoms with van der Waals surface area (Å²) < 4.78 is 0. The normalized spacial score (nSPS) is 35.5. The van der Waals surface area contributed by atoms with Crippen molar-refractivity contribution < 1.29 is 4.92 Å². The zero-order valence-electron chi connectivity index (χ0n) is 13.0. The topological polar surface area (TPSA) is 108 Å². The molecule has 0 heterocycles. The number of rotatable bonds is 3. The zero-order valence-corrected chi connectivity index (χ0v) is 13.0. The lowest BCUT2D eigenvalue weighted by Crippen LogP contribution is -2.48. The summed E-state index contributed by atoms with van der Waals surface area (Å²) in [6.07, 6.45) is 6.50. The lowest BCUT2D eigenvalue weighted by molar-refractivity contribution is -0.383. The molecule has 4 fully saturated rings. The van der Waals surface area contributed by atoms with Crippen molar-refractivity contribution in [3.63, 3.8) is 0 Å². The number of nitrogens with two attached hydrogens (primary N) is 2. The van der Waals surface area contributed by atoms with Gasteiger partial charge in [-0.15, -0.1) is 0 Å². The van der Waals surface area contributed by atoms with Gasteiger partial charge in [-0.1, -0.05) is 0 Å². The van der Waals surface area contributed by atoms with Crippen LogP contribution in [-0.2, 0) is 0 Å². The molecule has 1 aromatic rings. The SMILES string of the molecule is NC(=NC1C2CC3CC(C2)CC1C3)c1ccc(N)c([N+](=O)[O-])c1. The Kier molecular flexibility index (Phi) is 3.28. The summed E-state index contributed by atoms with van der Waals surface area (Å²) in [6, 6.07) is 4.98. The van der Waals surface area contributed by atoms with Crippen LogP contribution in [0.5, 0.6) is 0 Å². The molecule has 4 N–H and O–H groups in total. The van der Waals surface area contributed by atoms with Crippen molar-refractivity contribution in [2.45, 2.75) is 38.1 Å². The van der Waals surface area contributed by atoms with Gasteiger partial charge >= 0.3 is 0 Å². The molecule has 4 aliphatic rings. The Bertz CT molecular complexity index is 657. The highest BCUT2D eigenvalue weighted by Gasteiger charge is 2.48. The summed E-state index contributed by atoms with van der Waals surface area (Å²) in [4.78, 5) is 15.4. The van der Waals surface area contributed by atoms with Crippen LogP contribution in [0.3, 0.4) is 0 Å². The van der Waals surface area contributed by atoms with Crippen LogP contribution in [0.1, 0.15) is 37.7 Å². The van der Waals surface area contributed by atoms with E-state index in [1.165, 1.54) is 44.2 Å². The van der Waals surface area contributed by atoms with Gasteiger partial charge in [0.15, 0.2) is 0 Å². The van der Waals surface area contributed by atoms with Crippen molar-refractivity contribution in [2.75, 3.05) is 5.73 Å². The van der Waals surface area contributed by atoms with Crippen LogP contribution < -0.4 is 11.5 Å². The zero-order chi connectivity index (χ0) is 16.1. The van der Waals surface area contributed by atoms with E-state index in [0.29, 0.717) is 29.3 Å². The fraction of sp³-hybridized carbons (Fsp3) is 0.588. The van der Waals surface area contributed by atoms with E-state index in [1.54, 1.807) is 6.07 Å². The van der Waals surface area contributed by atoms with E-state index in [9.17, 15) is 10.1 Å². The van der Waals surface area contributed by atoms with Gasteiger partial charge in [-0.2, -0.15) is 0 Å². The molecule has 4 aliphatic carbocycles. The summed E-state index contributed by atoms with van der Waals surface area (Å²) in [5.74, 6) is 3.48. The van der Waals surface area contributed by atoms with E-state index in [1.807, 2.05) is 0 Å². The number of hydrogen-bond acceptors (Lipinski definition) is 4. The Morgan fingerprint density at radius 2 is 1.74 bits per heavy atom. The standard InChI is InChI=1S/C17H22N4O2/c18-14-2-1-11(8-15(14)21(22)23)17(19)20-16-12-4-9-3-10(6-12)7-13(16)5-9/h1-2,8-10,12-13,16H,3-7,18H2,(H2,19,20). The lowest BCUT2D eigenvalue weighted by Gasteiger charge is -2.53. The molecular weight excluding hydrogens is 292 g/mol. The molecule has 0 aliphatic heterocycles. The van der Waals surface area contributed by atoms with E-state index in [2.05, 4.69) is 0 Å². The van der Waals surface area contributed by atoms with Gasteiger partial charge in [0.2, 0.25) is 0 Å². The molecule has 122 valence electrons. The first kappa shape index (κ1) is 14.5. The number of nitro benzene ring substituents is 1. The number of hydrogen-bond donors (Lipinski definition) is 2. The van der Waals surface area contributed by atoms with Crippen LogP contribution >= 0.6 is 0 Å². The molecule has 5 rings (SSSR count). The van der Waals surface area contributed by atoms with E-state index >= 15 is 0 Å². The number of anilines is 1. The summed E-state index contributed by atoms with van der Waals surface area (Å²) in [7, 11) is 0. The smallest absolute Gasteiger partial charge is 0.292 e. The van der Waals surface area contributed by atoms with Crippen molar-refractivity contribution in [1.82, 2.24) is 0 Å². The predicted molar refractivity (Wildman–Crippen MR) is 89.1 cm³/mol. The van der Waals surface area contributed by atoms with Gasteiger partial charge in [0.05, 0.1) is 11.0 Å². The molecule has 1 aromatic carbocycles. The fourth-order valence-corrected chi connectivity index (χ4v) is 5.20. The first-order chi connectivity index (χ1) is 11.0. The van der Waals surface area contributed by atoms with Gasteiger partial charge in [0.1, 0.15) is 11.5 Å². The largest absolute Gasteiger partial charge is 0.393 e. The van der Waals surface area contributed by atoms with E-state index in [4.69, 9.17) is 16.5 Å². The van der Waals surface area contributed by atoms with Crippen molar-refractivity contribution in [3.8, 4) is 0 Å². The fourth-order valence-electron chi connectivity index (χ4n) is 5.20. The summed E-state index contributed by atoms with van der Waals surface area (Å²) in [6.45, 7) is 0. The van der Waals surface area contributed by atoms with Gasteiger partial charge in [0, 0.05) is 11.6 Å². The summed E-state index contributed by atoms with van der Waals surface area (Å²) in [5, 5.41) is 11.0. The minimum atomic E-state index is -0.477. The summed E-state index contributed by atoms with van der Waals surface area (Å²) >= 11 is 0. The van der Waals surface area contributed by atoms with Crippen LogP contribution in [-0.4, -0.2) is 16.8 Å². The average Bonchev–Trinajstić information content (AvgIpc) is 2.50. The number of benzene rings is 1. The highest BCUT2D eigenvalue weighted by molar-refractivity contribution is 5.98. The van der Waals surface area contributed by atoms with Crippen LogP contribution in [0.15, 0.2) is 23.2 Å². The van der Waals surface area contributed by atoms with Crippen molar-refractivity contribution >= 4 is 17.2 Å². The number of nitrogens with zero attached hydrogens (tertiary/aromatic N) is 2. The van der Waals surface area contributed by atoms with Crippen LogP contribution in [0.4, 0.5) is 11.4 Å². The van der Waals surface area contributed by atoms with Gasteiger partial charge in [-0.25, -0.2) is 0 Å². The first-order valence-electron chi connectivity index (χ1n) is 8.39. The molecule has 6 nitrogen and oxygen atoms in total. The minimum absolute atomic E-state index is 0.106. The molecular formula is C17H22N4O2. The van der Waals surface area contributed by atoms with Crippen LogP contribution in [0, 0.1) is 33.8 Å². The van der Waals surface area contributed by atoms with Gasteiger partial charge in [-0.3, -0.25) is 15.1 Å². The van der Waals surface area contributed by atoms with Gasteiger partial charge < -0.3 is 11.5 Å². The van der Waals surface area contributed by atoms with Crippen LogP contribution in [0.25, 0.3) is 0 Å². The second-order valence-corrected chi connectivity index (χ2v) is 7.47. The predicted octanol–water partition coefficient (Wildman–Crippen LogP) is 2.71. The molecule has 6 heteroatoms. The second-order valence-electron chi connectivity index (χ2n) is 7.47. The molecule has 0 radical (unpaired) electrons. The third kappa shape index (κ3) is 2.46. The van der Waals surface area contributed by atoms with Crippen LogP contribution in [0.2, 0.25) is 0 Å². The maximum Gasteiger partial charge on any atom is 0.292 e. The molecule has 4 saturated carbocycles. The molecule has 0 saturated heterocycles. The monoisotopic (exact) mass is 314 g/mol. The van der Waals surface area contributed by atoms with Crippen molar-refractivity contribution in [3.05, 3.63) is 33.9 Å². The number of amidine groups is 1. The Morgan fingerprint density at radius 3 is 2.30 bits per heavy atom. The lowest BCUT2D eigenvalue weighted by atomic mass is 9.54.